The number of ether oxygens (including phenoxy) is 1. The average Bonchev–Trinajstić information content (AvgIpc) is 2.85. The highest BCUT2D eigenvalue weighted by molar-refractivity contribution is 5.81. The minimum Gasteiger partial charge on any atom is -0.454 e. The van der Waals surface area contributed by atoms with E-state index in [2.05, 4.69) is 35.6 Å². The fourth-order valence-corrected chi connectivity index (χ4v) is 5.39. The molecule has 4 heteroatoms. The second-order valence-electron chi connectivity index (χ2n) is 9.28. The summed E-state index contributed by atoms with van der Waals surface area (Å²) in [6.45, 7) is 4.29. The number of anilines is 1. The maximum absolute atomic E-state index is 13.5. The molecule has 4 nitrogen and oxygen atoms in total. The lowest BCUT2D eigenvalue weighted by Crippen LogP contribution is -2.63. The van der Waals surface area contributed by atoms with Gasteiger partial charge in [0.2, 0.25) is 0 Å². The molecule has 0 aromatic heterocycles. The number of quaternary nitrogens is 1. The van der Waals surface area contributed by atoms with Crippen LogP contribution in [0.25, 0.3) is 0 Å². The smallest absolute Gasteiger partial charge is 0.333 e. The molecule has 3 aromatic carbocycles. The number of carbonyl (C=O) groups is 1. The summed E-state index contributed by atoms with van der Waals surface area (Å²) in [5.41, 5.74) is 3.21. The minimum absolute atomic E-state index is 0.0162. The van der Waals surface area contributed by atoms with E-state index >= 15 is 0 Å². The molecule has 0 saturated carbocycles. The number of nitrogens with one attached hydrogen (secondary N) is 1. The Balaban J connectivity index is 1.33. The van der Waals surface area contributed by atoms with E-state index < -0.39 is 6.04 Å². The zero-order valence-corrected chi connectivity index (χ0v) is 18.4. The highest BCUT2D eigenvalue weighted by Crippen LogP contribution is 2.37. The van der Waals surface area contributed by atoms with E-state index in [1.165, 1.54) is 18.7 Å². The standard InChI is InChI=1S/C28H31N2O2/c31-28(27(24-12-6-2-7-13-24)29-25-14-8-3-9-15-25)32-26-21-30(18-16-23(26)17-19-30)20-22-10-4-1-5-11-22/h1-15,23,26-27,29H,16-21H2/q+1. The van der Waals surface area contributed by atoms with Crippen molar-refractivity contribution in [2.75, 3.05) is 25.0 Å². The van der Waals surface area contributed by atoms with Gasteiger partial charge in [0.25, 0.3) is 0 Å². The minimum atomic E-state index is -0.517. The van der Waals surface area contributed by atoms with Crippen LogP contribution in [0.1, 0.15) is 30.0 Å². The predicted octanol–water partition coefficient (Wildman–Crippen LogP) is 5.19. The van der Waals surface area contributed by atoms with Crippen LogP contribution in [0.2, 0.25) is 0 Å². The summed E-state index contributed by atoms with van der Waals surface area (Å²) < 4.78 is 7.29. The van der Waals surface area contributed by atoms with Gasteiger partial charge in [-0.05, 0) is 17.7 Å². The third-order valence-electron chi connectivity index (χ3n) is 7.12. The third-order valence-corrected chi connectivity index (χ3v) is 7.12. The first kappa shape index (κ1) is 20.8. The zero-order valence-electron chi connectivity index (χ0n) is 18.4. The molecule has 1 N–H and O–H groups in total. The average molecular weight is 428 g/mol. The van der Waals surface area contributed by atoms with Crippen LogP contribution in [0.5, 0.6) is 0 Å². The van der Waals surface area contributed by atoms with Crippen LogP contribution >= 0.6 is 0 Å². The van der Waals surface area contributed by atoms with Crippen molar-refractivity contribution < 1.29 is 14.0 Å². The van der Waals surface area contributed by atoms with E-state index in [1.54, 1.807) is 0 Å². The Hall–Kier alpha value is -3.11. The van der Waals surface area contributed by atoms with Crippen LogP contribution in [-0.2, 0) is 16.1 Å². The molecular formula is C28H31N2O2+. The fourth-order valence-electron chi connectivity index (χ4n) is 5.39. The number of rotatable bonds is 7. The molecule has 2 unspecified atom stereocenters. The van der Waals surface area contributed by atoms with Crippen molar-refractivity contribution in [2.24, 2.45) is 5.92 Å². The van der Waals surface area contributed by atoms with Gasteiger partial charge in [-0.1, -0.05) is 78.9 Å². The van der Waals surface area contributed by atoms with Crippen LogP contribution in [0, 0.1) is 5.92 Å². The van der Waals surface area contributed by atoms with Gasteiger partial charge in [-0.2, -0.15) is 0 Å². The van der Waals surface area contributed by atoms with E-state index in [0.717, 1.165) is 41.7 Å². The normalized spacial score (nSPS) is 25.1. The highest BCUT2D eigenvalue weighted by Gasteiger charge is 2.48. The Morgan fingerprint density at radius 2 is 1.47 bits per heavy atom. The van der Waals surface area contributed by atoms with Crippen molar-refractivity contribution in [3.05, 3.63) is 102 Å². The van der Waals surface area contributed by atoms with Gasteiger partial charge in [0.05, 0.1) is 13.1 Å². The molecular weight excluding hydrogens is 396 g/mol. The number of benzene rings is 3. The molecule has 3 fully saturated rings. The molecule has 0 aliphatic carbocycles. The van der Waals surface area contributed by atoms with Crippen LogP contribution in [-0.4, -0.2) is 36.2 Å². The van der Waals surface area contributed by atoms with Gasteiger partial charge in [0.1, 0.15) is 13.1 Å². The summed E-state index contributed by atoms with van der Waals surface area (Å²) in [7, 11) is 0. The quantitative estimate of drug-likeness (QED) is 0.416. The van der Waals surface area contributed by atoms with Crippen molar-refractivity contribution in [1.29, 1.82) is 0 Å². The van der Waals surface area contributed by atoms with Crippen LogP contribution in [0.4, 0.5) is 5.69 Å². The molecule has 0 spiro atoms. The van der Waals surface area contributed by atoms with E-state index in [9.17, 15) is 4.79 Å². The molecule has 2 bridgehead atoms. The number of piperidine rings is 3. The van der Waals surface area contributed by atoms with Gasteiger partial charge in [-0.3, -0.25) is 0 Å². The lowest BCUT2D eigenvalue weighted by atomic mass is 9.82. The van der Waals surface area contributed by atoms with Crippen molar-refractivity contribution in [2.45, 2.75) is 31.5 Å². The summed E-state index contributed by atoms with van der Waals surface area (Å²) in [5, 5.41) is 3.40. The number of hydrogen-bond acceptors (Lipinski definition) is 3. The number of esters is 1. The third kappa shape index (κ3) is 4.56. The van der Waals surface area contributed by atoms with Gasteiger partial charge < -0.3 is 14.5 Å². The molecule has 0 radical (unpaired) electrons. The lowest BCUT2D eigenvalue weighted by Gasteiger charge is -2.52. The second kappa shape index (κ2) is 9.17. The molecule has 3 aliphatic rings. The van der Waals surface area contributed by atoms with Gasteiger partial charge in [0.15, 0.2) is 12.1 Å². The summed E-state index contributed by atoms with van der Waals surface area (Å²) in [6, 6.07) is 30.0. The highest BCUT2D eigenvalue weighted by atomic mass is 16.5. The maximum Gasteiger partial charge on any atom is 0.333 e. The summed E-state index contributed by atoms with van der Waals surface area (Å²) >= 11 is 0. The summed E-state index contributed by atoms with van der Waals surface area (Å²) in [4.78, 5) is 13.5. The van der Waals surface area contributed by atoms with Gasteiger partial charge in [-0.25, -0.2) is 4.79 Å². The number of hydrogen-bond donors (Lipinski definition) is 1. The Labute approximate surface area is 190 Å². The van der Waals surface area contributed by atoms with Crippen LogP contribution in [0.3, 0.4) is 0 Å². The van der Waals surface area contributed by atoms with Crippen molar-refractivity contribution in [1.82, 2.24) is 0 Å². The molecule has 3 heterocycles. The van der Waals surface area contributed by atoms with Gasteiger partial charge in [0, 0.05) is 30.0 Å². The van der Waals surface area contributed by atoms with E-state index in [1.807, 2.05) is 60.7 Å². The van der Waals surface area contributed by atoms with E-state index in [0.29, 0.717) is 5.92 Å². The Morgan fingerprint density at radius 1 is 0.875 bits per heavy atom. The van der Waals surface area contributed by atoms with E-state index in [-0.39, 0.29) is 12.1 Å². The molecule has 0 amide bonds. The van der Waals surface area contributed by atoms with Crippen molar-refractivity contribution in [3.8, 4) is 0 Å². The zero-order chi connectivity index (χ0) is 21.8. The van der Waals surface area contributed by atoms with Crippen molar-refractivity contribution in [3.63, 3.8) is 0 Å². The second-order valence-corrected chi connectivity index (χ2v) is 9.28. The van der Waals surface area contributed by atoms with E-state index in [4.69, 9.17) is 4.74 Å². The SMILES string of the molecule is O=C(OC1C[N+]2(Cc3ccccc3)CCC1CC2)C(Nc1ccccc1)c1ccccc1. The molecule has 164 valence electrons. The topological polar surface area (TPSA) is 38.3 Å². The number of fused-ring (bicyclic) bond motifs is 3. The number of nitrogens with zero attached hydrogens (tertiary/aromatic N) is 1. The van der Waals surface area contributed by atoms with Crippen LogP contribution in [0.15, 0.2) is 91.0 Å². The Bertz CT molecular complexity index is 1020. The number of carbonyl (C=O) groups excluding carboxylic acids is 1. The van der Waals surface area contributed by atoms with Gasteiger partial charge >= 0.3 is 5.97 Å². The molecule has 6 rings (SSSR count). The molecule has 3 aromatic rings. The lowest BCUT2D eigenvalue weighted by molar-refractivity contribution is -0.958. The fraction of sp³-hybridized carbons (Fsp3) is 0.321. The summed E-state index contributed by atoms with van der Waals surface area (Å²) in [6.07, 6.45) is 2.25. The molecule has 32 heavy (non-hydrogen) atoms. The summed E-state index contributed by atoms with van der Waals surface area (Å²) in [5.74, 6) is 0.291. The monoisotopic (exact) mass is 427 g/mol. The van der Waals surface area contributed by atoms with Gasteiger partial charge in [-0.15, -0.1) is 0 Å². The molecule has 3 saturated heterocycles. The predicted molar refractivity (Wildman–Crippen MR) is 127 cm³/mol. The first-order valence-electron chi connectivity index (χ1n) is 11.7. The van der Waals surface area contributed by atoms with Crippen molar-refractivity contribution >= 4 is 11.7 Å². The molecule has 3 aliphatic heterocycles. The first-order valence-corrected chi connectivity index (χ1v) is 11.7. The molecule has 2 atom stereocenters. The van der Waals surface area contributed by atoms with Crippen LogP contribution < -0.4 is 5.32 Å². The largest absolute Gasteiger partial charge is 0.454 e. The maximum atomic E-state index is 13.5. The number of para-hydroxylation sites is 1. The Morgan fingerprint density at radius 3 is 2.12 bits per heavy atom. The Kier molecular flexibility index (Phi) is 5.95. The first-order chi connectivity index (χ1) is 15.7.